The van der Waals surface area contributed by atoms with E-state index in [1.807, 2.05) is 24.3 Å². The van der Waals surface area contributed by atoms with Crippen LogP contribution < -0.4 is 10.2 Å². The number of amides is 1. The first kappa shape index (κ1) is 19.7. The zero-order valence-corrected chi connectivity index (χ0v) is 16.1. The summed E-state index contributed by atoms with van der Waals surface area (Å²) in [7, 11) is 1.66. The second kappa shape index (κ2) is 9.76. The Balaban J connectivity index is 1.75. The third kappa shape index (κ3) is 6.03. The normalized spacial score (nSPS) is 11.1. The van der Waals surface area contributed by atoms with E-state index in [0.717, 1.165) is 24.2 Å². The average molecular weight is 352 g/mol. The van der Waals surface area contributed by atoms with Gasteiger partial charge in [0.1, 0.15) is 5.75 Å². The fourth-order valence-corrected chi connectivity index (χ4v) is 2.72. The third-order valence-corrected chi connectivity index (χ3v) is 4.41. The van der Waals surface area contributed by atoms with Crippen LogP contribution in [-0.4, -0.2) is 19.2 Å². The van der Waals surface area contributed by atoms with E-state index >= 15 is 0 Å². The molecule has 0 atom stereocenters. The van der Waals surface area contributed by atoms with Gasteiger partial charge in [-0.25, -0.2) is 5.43 Å². The van der Waals surface area contributed by atoms with E-state index in [2.05, 4.69) is 49.5 Å². The molecule has 138 valence electrons. The minimum absolute atomic E-state index is 0.0637. The van der Waals surface area contributed by atoms with Gasteiger partial charge in [-0.3, -0.25) is 4.79 Å². The third-order valence-electron chi connectivity index (χ3n) is 4.41. The molecule has 0 bridgehead atoms. The second-order valence-corrected chi connectivity index (χ2v) is 6.76. The number of carbonyl (C=O) groups excluding carboxylic acids is 1. The van der Waals surface area contributed by atoms with Crippen LogP contribution in [0.5, 0.6) is 5.75 Å². The Morgan fingerprint density at radius 1 is 1.19 bits per heavy atom. The molecule has 0 aromatic heterocycles. The monoisotopic (exact) mass is 352 g/mol. The van der Waals surface area contributed by atoms with Crippen molar-refractivity contribution in [3.8, 4) is 5.75 Å². The summed E-state index contributed by atoms with van der Waals surface area (Å²) in [5, 5.41) is 4.04. The minimum Gasteiger partial charge on any atom is -0.497 e. The molecule has 0 heterocycles. The van der Waals surface area contributed by atoms with Crippen molar-refractivity contribution in [3.63, 3.8) is 0 Å². The fraction of sp³-hybridized carbons (Fsp3) is 0.364. The molecule has 2 aromatic rings. The fourth-order valence-electron chi connectivity index (χ4n) is 2.72. The number of hydrogen-bond donors (Lipinski definition) is 1. The molecule has 0 spiro atoms. The predicted octanol–water partition coefficient (Wildman–Crippen LogP) is 4.60. The number of methoxy groups -OCH3 is 1. The second-order valence-electron chi connectivity index (χ2n) is 6.76. The molecule has 1 N–H and O–H groups in total. The van der Waals surface area contributed by atoms with Crippen LogP contribution >= 0.6 is 0 Å². The molecular weight excluding hydrogens is 324 g/mol. The van der Waals surface area contributed by atoms with Gasteiger partial charge in [-0.15, -0.1) is 0 Å². The van der Waals surface area contributed by atoms with Crippen molar-refractivity contribution in [1.82, 2.24) is 5.43 Å². The number of carbonyl (C=O) groups is 1. The van der Waals surface area contributed by atoms with E-state index in [1.165, 1.54) is 16.7 Å². The number of aryl methyl sites for hydroxylation is 2. The SMILES string of the molecule is COc1ccc(CCCC(=O)N/N=C\c2ccc(C(C)C)cc2)c(C)c1. The van der Waals surface area contributed by atoms with Crippen LogP contribution in [0.2, 0.25) is 0 Å². The lowest BCUT2D eigenvalue weighted by molar-refractivity contribution is -0.121. The number of benzene rings is 2. The Labute approximate surface area is 156 Å². The molecule has 0 radical (unpaired) electrons. The largest absolute Gasteiger partial charge is 0.497 e. The van der Waals surface area contributed by atoms with Crippen LogP contribution in [0.15, 0.2) is 47.6 Å². The molecule has 26 heavy (non-hydrogen) atoms. The van der Waals surface area contributed by atoms with E-state index in [4.69, 9.17) is 4.74 Å². The van der Waals surface area contributed by atoms with E-state index < -0.39 is 0 Å². The molecule has 4 nitrogen and oxygen atoms in total. The minimum atomic E-state index is -0.0637. The quantitative estimate of drug-likeness (QED) is 0.557. The summed E-state index contributed by atoms with van der Waals surface area (Å²) in [5.41, 5.74) is 7.30. The zero-order valence-electron chi connectivity index (χ0n) is 16.1. The molecule has 0 saturated carbocycles. The van der Waals surface area contributed by atoms with Crippen LogP contribution in [-0.2, 0) is 11.2 Å². The van der Waals surface area contributed by atoms with Crippen LogP contribution in [0.4, 0.5) is 0 Å². The smallest absolute Gasteiger partial charge is 0.240 e. The Morgan fingerprint density at radius 3 is 2.54 bits per heavy atom. The van der Waals surface area contributed by atoms with Crippen LogP contribution in [0.25, 0.3) is 0 Å². The van der Waals surface area contributed by atoms with Gasteiger partial charge < -0.3 is 4.74 Å². The van der Waals surface area contributed by atoms with Crippen LogP contribution in [0, 0.1) is 6.92 Å². The van der Waals surface area contributed by atoms with E-state index in [0.29, 0.717) is 12.3 Å². The van der Waals surface area contributed by atoms with Gasteiger partial charge in [0.25, 0.3) is 0 Å². The Morgan fingerprint density at radius 2 is 1.92 bits per heavy atom. The molecule has 0 aliphatic heterocycles. The van der Waals surface area contributed by atoms with Crippen LogP contribution in [0.1, 0.15) is 54.9 Å². The summed E-state index contributed by atoms with van der Waals surface area (Å²) >= 11 is 0. The number of nitrogens with one attached hydrogen (secondary N) is 1. The zero-order chi connectivity index (χ0) is 18.9. The van der Waals surface area contributed by atoms with Gasteiger partial charge in [0.2, 0.25) is 5.91 Å². The molecule has 4 heteroatoms. The first-order chi connectivity index (χ1) is 12.5. The molecule has 0 fully saturated rings. The molecule has 1 amide bonds. The summed E-state index contributed by atoms with van der Waals surface area (Å²) < 4.78 is 5.21. The maximum Gasteiger partial charge on any atom is 0.240 e. The summed E-state index contributed by atoms with van der Waals surface area (Å²) in [5.74, 6) is 1.31. The van der Waals surface area contributed by atoms with Gasteiger partial charge in [-0.1, -0.05) is 44.2 Å². The molecule has 0 aliphatic carbocycles. The van der Waals surface area contributed by atoms with Gasteiger partial charge in [-0.05, 0) is 60.1 Å². The van der Waals surface area contributed by atoms with Gasteiger partial charge in [0.15, 0.2) is 0 Å². The number of hydrogen-bond acceptors (Lipinski definition) is 3. The number of nitrogens with zero attached hydrogens (tertiary/aromatic N) is 1. The lowest BCUT2D eigenvalue weighted by Gasteiger charge is -2.07. The highest BCUT2D eigenvalue weighted by Gasteiger charge is 2.04. The van der Waals surface area contributed by atoms with Crippen molar-refractivity contribution in [2.24, 2.45) is 5.10 Å². The van der Waals surface area contributed by atoms with Crippen molar-refractivity contribution < 1.29 is 9.53 Å². The average Bonchev–Trinajstić information content (AvgIpc) is 2.63. The van der Waals surface area contributed by atoms with Gasteiger partial charge in [0, 0.05) is 6.42 Å². The number of rotatable bonds is 8. The van der Waals surface area contributed by atoms with Crippen molar-refractivity contribution >= 4 is 12.1 Å². The molecule has 0 aliphatic rings. The van der Waals surface area contributed by atoms with Gasteiger partial charge in [-0.2, -0.15) is 5.10 Å². The topological polar surface area (TPSA) is 50.7 Å². The highest BCUT2D eigenvalue weighted by Crippen LogP contribution is 2.18. The van der Waals surface area contributed by atoms with Gasteiger partial charge >= 0.3 is 0 Å². The van der Waals surface area contributed by atoms with E-state index in [1.54, 1.807) is 13.3 Å². The molecule has 2 rings (SSSR count). The maximum atomic E-state index is 11.9. The first-order valence-electron chi connectivity index (χ1n) is 9.05. The Kier molecular flexibility index (Phi) is 7.39. The summed E-state index contributed by atoms with van der Waals surface area (Å²) in [4.78, 5) is 11.9. The molecule has 2 aromatic carbocycles. The summed E-state index contributed by atoms with van der Waals surface area (Å²) in [6.45, 7) is 6.39. The Hall–Kier alpha value is -2.62. The summed E-state index contributed by atoms with van der Waals surface area (Å²) in [6, 6.07) is 14.2. The van der Waals surface area contributed by atoms with Crippen molar-refractivity contribution in [2.75, 3.05) is 7.11 Å². The predicted molar refractivity (Wildman–Crippen MR) is 107 cm³/mol. The summed E-state index contributed by atoms with van der Waals surface area (Å²) in [6.07, 6.45) is 3.78. The molecule has 0 unspecified atom stereocenters. The lowest BCUT2D eigenvalue weighted by atomic mass is 10.0. The highest BCUT2D eigenvalue weighted by molar-refractivity contribution is 5.82. The molecular formula is C22H28N2O2. The number of ether oxygens (including phenoxy) is 1. The maximum absolute atomic E-state index is 11.9. The standard InChI is InChI=1S/C22H28N2O2/c1-16(2)19-10-8-18(9-11-19)15-23-24-22(25)7-5-6-20-12-13-21(26-4)14-17(20)3/h8-16H,5-7H2,1-4H3,(H,24,25)/b23-15-. The van der Waals surface area contributed by atoms with Gasteiger partial charge in [0.05, 0.1) is 13.3 Å². The molecule has 0 saturated heterocycles. The van der Waals surface area contributed by atoms with E-state index in [9.17, 15) is 4.79 Å². The first-order valence-corrected chi connectivity index (χ1v) is 9.05. The number of hydrazone groups is 1. The van der Waals surface area contributed by atoms with Crippen LogP contribution in [0.3, 0.4) is 0 Å². The highest BCUT2D eigenvalue weighted by atomic mass is 16.5. The Bertz CT molecular complexity index is 749. The lowest BCUT2D eigenvalue weighted by Crippen LogP contribution is -2.17. The van der Waals surface area contributed by atoms with Crippen molar-refractivity contribution in [1.29, 1.82) is 0 Å². The van der Waals surface area contributed by atoms with Crippen molar-refractivity contribution in [2.45, 2.75) is 46.0 Å². The van der Waals surface area contributed by atoms with Crippen molar-refractivity contribution in [3.05, 3.63) is 64.7 Å². The van der Waals surface area contributed by atoms with E-state index in [-0.39, 0.29) is 5.91 Å².